The van der Waals surface area contributed by atoms with Crippen molar-refractivity contribution < 1.29 is 23.8 Å². The highest BCUT2D eigenvalue weighted by Crippen LogP contribution is 2.38. The smallest absolute Gasteiger partial charge is 0.351 e. The van der Waals surface area contributed by atoms with Crippen molar-refractivity contribution in [2.24, 2.45) is 0 Å². The van der Waals surface area contributed by atoms with Gasteiger partial charge in [-0.15, -0.1) is 0 Å². The molecule has 0 spiro atoms. The number of anilines is 1. The summed E-state index contributed by atoms with van der Waals surface area (Å²) in [4.78, 5) is 24.3. The van der Waals surface area contributed by atoms with Gasteiger partial charge in [-0.25, -0.2) is 4.79 Å². The van der Waals surface area contributed by atoms with E-state index in [1.165, 1.54) is 16.8 Å². The number of nitrogens with two attached hydrogens (primary N) is 1. The molecule has 0 aliphatic carbocycles. The molecule has 4 N–H and O–H groups in total. The molecule has 0 saturated carbocycles. The first-order chi connectivity index (χ1) is 9.26. The Morgan fingerprint density at radius 3 is 3.00 bits per heavy atom. The van der Waals surface area contributed by atoms with Crippen LogP contribution in [0.2, 0.25) is 0 Å². The van der Waals surface area contributed by atoms with E-state index >= 15 is 0 Å². The third kappa shape index (κ3) is 3.65. The van der Waals surface area contributed by atoms with E-state index in [0.717, 1.165) is 6.66 Å². The molecule has 1 aliphatic rings. The first-order valence-electron chi connectivity index (χ1n) is 5.89. The SMILES string of the molecule is CP(=O)(O)OC[C@H]1OC(n2ccc(N)nc2=O)C[C@@H]1O. The average Bonchev–Trinajstić information content (AvgIpc) is 2.67. The Balaban J connectivity index is 2.06. The first-order valence-corrected chi connectivity index (χ1v) is 7.92. The highest BCUT2D eigenvalue weighted by atomic mass is 31.2. The van der Waals surface area contributed by atoms with Crippen molar-refractivity contribution in [3.63, 3.8) is 0 Å². The van der Waals surface area contributed by atoms with Crippen LogP contribution in [0.25, 0.3) is 0 Å². The molecular weight excluding hydrogens is 289 g/mol. The summed E-state index contributed by atoms with van der Waals surface area (Å²) in [7, 11) is -3.64. The van der Waals surface area contributed by atoms with Crippen molar-refractivity contribution in [2.45, 2.75) is 24.9 Å². The number of aliphatic hydroxyl groups excluding tert-OH is 1. The summed E-state index contributed by atoms with van der Waals surface area (Å²) >= 11 is 0. The molecule has 2 heterocycles. The number of ether oxygens (including phenoxy) is 1. The molecule has 0 radical (unpaired) electrons. The molecule has 10 heteroatoms. The summed E-state index contributed by atoms with van der Waals surface area (Å²) in [6, 6.07) is 1.44. The number of rotatable bonds is 4. The Hall–Kier alpha value is -1.25. The van der Waals surface area contributed by atoms with Gasteiger partial charge in [-0.3, -0.25) is 9.13 Å². The van der Waals surface area contributed by atoms with Crippen LogP contribution >= 0.6 is 7.60 Å². The number of nitrogens with zero attached hydrogens (tertiary/aromatic N) is 2. The fourth-order valence-electron chi connectivity index (χ4n) is 1.89. The van der Waals surface area contributed by atoms with Crippen molar-refractivity contribution in [3.8, 4) is 0 Å². The topological polar surface area (TPSA) is 137 Å². The molecule has 9 nitrogen and oxygen atoms in total. The predicted molar refractivity (Wildman–Crippen MR) is 69.1 cm³/mol. The fraction of sp³-hybridized carbons (Fsp3) is 0.600. The summed E-state index contributed by atoms with van der Waals surface area (Å²) in [5.41, 5.74) is 4.79. The van der Waals surface area contributed by atoms with Gasteiger partial charge in [0, 0.05) is 19.3 Å². The van der Waals surface area contributed by atoms with Crippen LogP contribution in [0.4, 0.5) is 5.82 Å². The van der Waals surface area contributed by atoms with Crippen molar-refractivity contribution >= 4 is 13.4 Å². The highest BCUT2D eigenvalue weighted by molar-refractivity contribution is 7.51. The molecule has 1 aromatic rings. The molecule has 4 atom stereocenters. The van der Waals surface area contributed by atoms with Crippen molar-refractivity contribution in [1.29, 1.82) is 0 Å². The van der Waals surface area contributed by atoms with Crippen LogP contribution in [0.3, 0.4) is 0 Å². The van der Waals surface area contributed by atoms with Gasteiger partial charge < -0.3 is 25.0 Å². The first kappa shape index (κ1) is 15.1. The van der Waals surface area contributed by atoms with Crippen LogP contribution < -0.4 is 11.4 Å². The summed E-state index contributed by atoms with van der Waals surface area (Å²) in [6.45, 7) is 0.805. The normalized spacial score (nSPS) is 29.2. The molecule has 1 aromatic heterocycles. The highest BCUT2D eigenvalue weighted by Gasteiger charge is 2.36. The second kappa shape index (κ2) is 5.63. The zero-order valence-corrected chi connectivity index (χ0v) is 11.6. The van der Waals surface area contributed by atoms with Crippen LogP contribution in [0.1, 0.15) is 12.6 Å². The number of hydrogen-bond donors (Lipinski definition) is 3. The third-order valence-corrected chi connectivity index (χ3v) is 3.47. The van der Waals surface area contributed by atoms with Gasteiger partial charge in [0.25, 0.3) is 0 Å². The van der Waals surface area contributed by atoms with Crippen LogP contribution in [0, 0.1) is 0 Å². The molecular formula is C10H16N3O6P. The van der Waals surface area contributed by atoms with E-state index in [0.29, 0.717) is 0 Å². The van der Waals surface area contributed by atoms with Gasteiger partial charge in [-0.05, 0) is 6.07 Å². The standard InChI is InChI=1S/C10H16N3O6P/c1-20(16,17)18-5-7-6(14)4-9(19-7)13-3-2-8(11)12-10(13)15/h2-3,6-7,9,14H,4-5H2,1H3,(H,16,17)(H2,11,12,15)/t6-,7+,9?/m0/s1. The fourth-order valence-corrected chi connectivity index (χ4v) is 2.32. The number of aliphatic hydroxyl groups is 1. The Labute approximate surface area is 114 Å². The minimum Gasteiger partial charge on any atom is -0.390 e. The van der Waals surface area contributed by atoms with E-state index in [9.17, 15) is 14.5 Å². The summed E-state index contributed by atoms with van der Waals surface area (Å²) < 4.78 is 22.4. The van der Waals surface area contributed by atoms with Crippen molar-refractivity contribution in [3.05, 3.63) is 22.7 Å². The van der Waals surface area contributed by atoms with E-state index in [4.69, 9.17) is 19.9 Å². The maximum Gasteiger partial charge on any atom is 0.351 e. The second-order valence-electron chi connectivity index (χ2n) is 4.57. The molecule has 0 bridgehead atoms. The van der Waals surface area contributed by atoms with Crippen LogP contribution in [-0.4, -0.2) is 45.0 Å². The van der Waals surface area contributed by atoms with Gasteiger partial charge in [0.2, 0.25) is 0 Å². The van der Waals surface area contributed by atoms with Crippen LogP contribution in [-0.2, 0) is 13.8 Å². The number of aromatic nitrogens is 2. The quantitative estimate of drug-likeness (QED) is 0.621. The third-order valence-electron chi connectivity index (χ3n) is 2.84. The molecule has 2 unspecified atom stereocenters. The minimum absolute atomic E-state index is 0.0943. The zero-order chi connectivity index (χ0) is 14.9. The Morgan fingerprint density at radius 2 is 2.40 bits per heavy atom. The van der Waals surface area contributed by atoms with Crippen molar-refractivity contribution in [2.75, 3.05) is 19.0 Å². The van der Waals surface area contributed by atoms with Crippen molar-refractivity contribution in [1.82, 2.24) is 9.55 Å². The van der Waals surface area contributed by atoms with Gasteiger partial charge >= 0.3 is 13.3 Å². The predicted octanol–water partition coefficient (Wildman–Crippen LogP) is -0.694. The van der Waals surface area contributed by atoms with Crippen LogP contribution in [0.15, 0.2) is 17.1 Å². The summed E-state index contributed by atoms with van der Waals surface area (Å²) in [6.07, 6.45) is -0.837. The van der Waals surface area contributed by atoms with Gasteiger partial charge in [-0.1, -0.05) is 0 Å². The average molecular weight is 305 g/mol. The number of hydrogen-bond acceptors (Lipinski definition) is 7. The lowest BCUT2D eigenvalue weighted by atomic mass is 10.2. The summed E-state index contributed by atoms with van der Waals surface area (Å²) in [5, 5.41) is 9.83. The molecule has 112 valence electrons. The molecule has 2 rings (SSSR count). The monoisotopic (exact) mass is 305 g/mol. The van der Waals surface area contributed by atoms with E-state index in [1.807, 2.05) is 0 Å². The molecule has 20 heavy (non-hydrogen) atoms. The van der Waals surface area contributed by atoms with E-state index in [-0.39, 0.29) is 18.8 Å². The molecule has 0 amide bonds. The maximum absolute atomic E-state index is 11.7. The molecule has 1 fully saturated rings. The molecule has 0 aromatic carbocycles. The number of nitrogen functional groups attached to an aromatic ring is 1. The van der Waals surface area contributed by atoms with E-state index in [1.54, 1.807) is 0 Å². The largest absolute Gasteiger partial charge is 0.390 e. The Bertz CT molecular complexity index is 585. The zero-order valence-electron chi connectivity index (χ0n) is 10.7. The van der Waals surface area contributed by atoms with Gasteiger partial charge in [0.1, 0.15) is 18.1 Å². The van der Waals surface area contributed by atoms with Gasteiger partial charge in [-0.2, -0.15) is 4.98 Å². The van der Waals surface area contributed by atoms with E-state index in [2.05, 4.69) is 4.98 Å². The lowest BCUT2D eigenvalue weighted by Crippen LogP contribution is -2.28. The lowest BCUT2D eigenvalue weighted by Gasteiger charge is -2.16. The Kier molecular flexibility index (Phi) is 4.26. The van der Waals surface area contributed by atoms with E-state index < -0.39 is 31.7 Å². The van der Waals surface area contributed by atoms with Gasteiger partial charge in [0.05, 0.1) is 12.7 Å². The molecule has 1 aliphatic heterocycles. The molecule has 1 saturated heterocycles. The summed E-state index contributed by atoms with van der Waals surface area (Å²) in [5.74, 6) is 0.0943. The van der Waals surface area contributed by atoms with Crippen LogP contribution in [0.5, 0.6) is 0 Å². The lowest BCUT2D eigenvalue weighted by molar-refractivity contribution is -0.0421. The maximum atomic E-state index is 11.7. The van der Waals surface area contributed by atoms with Gasteiger partial charge in [0.15, 0.2) is 0 Å². The Morgan fingerprint density at radius 1 is 1.70 bits per heavy atom. The second-order valence-corrected chi connectivity index (χ2v) is 6.44. The minimum atomic E-state index is -3.64.